The predicted molar refractivity (Wildman–Crippen MR) is 131 cm³/mol. The summed E-state index contributed by atoms with van der Waals surface area (Å²) < 4.78 is 36.7. The number of likely N-dealkylation sites (tertiary alicyclic amines) is 1. The van der Waals surface area contributed by atoms with Gasteiger partial charge in [-0.2, -0.15) is 0 Å². The Balaban J connectivity index is 1.84. The van der Waals surface area contributed by atoms with Crippen molar-refractivity contribution >= 4 is 27.3 Å². The number of carbonyl (C=O) groups excluding carboxylic acids is 1. The average Bonchev–Trinajstić information content (AvgIpc) is 3.09. The van der Waals surface area contributed by atoms with Crippen molar-refractivity contribution < 1.29 is 22.7 Å². The minimum atomic E-state index is -3.18. The molecule has 2 saturated heterocycles. The molecule has 3 rings (SSSR count). The van der Waals surface area contributed by atoms with Crippen LogP contribution in [0.3, 0.4) is 0 Å². The van der Waals surface area contributed by atoms with Crippen molar-refractivity contribution in [1.29, 1.82) is 0 Å². The van der Waals surface area contributed by atoms with Crippen molar-refractivity contribution in [3.63, 3.8) is 0 Å². The number of benzene rings is 1. The third-order valence-electron chi connectivity index (χ3n) is 6.92. The van der Waals surface area contributed by atoms with Crippen LogP contribution in [0.1, 0.15) is 78.3 Å². The third-order valence-corrected chi connectivity index (χ3v) is 9.41. The number of ether oxygens (including phenoxy) is 2. The molecule has 1 aromatic rings. The van der Waals surface area contributed by atoms with Crippen molar-refractivity contribution in [2.24, 2.45) is 5.92 Å². The van der Waals surface area contributed by atoms with E-state index in [1.165, 1.54) is 0 Å². The first kappa shape index (κ1) is 26.5. The van der Waals surface area contributed by atoms with Crippen LogP contribution in [0, 0.1) is 5.92 Å². The topological polar surface area (TPSA) is 72.9 Å². The number of hydrogen-bond acceptors (Lipinski definition) is 5. The van der Waals surface area contributed by atoms with Crippen LogP contribution in [0.2, 0.25) is 5.02 Å². The number of amides is 1. The Morgan fingerprint density at radius 3 is 2.39 bits per heavy atom. The summed E-state index contributed by atoms with van der Waals surface area (Å²) in [4.78, 5) is 15.8. The van der Waals surface area contributed by atoms with E-state index in [-0.39, 0.29) is 35.8 Å². The van der Waals surface area contributed by atoms with Gasteiger partial charge in [0.25, 0.3) is 0 Å². The summed E-state index contributed by atoms with van der Waals surface area (Å²) >= 11 is 6.10. The summed E-state index contributed by atoms with van der Waals surface area (Å²) in [6, 6.07) is 7.41. The highest BCUT2D eigenvalue weighted by molar-refractivity contribution is 7.91. The molecule has 0 saturated carbocycles. The highest BCUT2D eigenvalue weighted by Crippen LogP contribution is 2.40. The summed E-state index contributed by atoms with van der Waals surface area (Å²) in [6.07, 6.45) is 3.24. The molecule has 6 nitrogen and oxygen atoms in total. The zero-order valence-electron chi connectivity index (χ0n) is 20.4. The second kappa shape index (κ2) is 10.6. The maximum absolute atomic E-state index is 13.8. The highest BCUT2D eigenvalue weighted by Gasteiger charge is 2.42. The first-order valence-electron chi connectivity index (χ1n) is 12.0. The predicted octanol–water partition coefficient (Wildman–Crippen LogP) is 5.15. The van der Waals surface area contributed by atoms with Gasteiger partial charge < -0.3 is 14.4 Å². The molecule has 0 N–H and O–H groups in total. The van der Waals surface area contributed by atoms with E-state index in [4.69, 9.17) is 21.1 Å². The number of rotatable bonds is 9. The van der Waals surface area contributed by atoms with Gasteiger partial charge in [-0.15, -0.1) is 0 Å². The number of sulfone groups is 1. The fraction of sp³-hybridized carbons (Fsp3) is 0.720. The number of carbonyl (C=O) groups is 1. The van der Waals surface area contributed by atoms with Gasteiger partial charge in [-0.1, -0.05) is 30.7 Å². The molecule has 0 aliphatic carbocycles. The van der Waals surface area contributed by atoms with E-state index in [9.17, 15) is 13.2 Å². The second-order valence-electron chi connectivity index (χ2n) is 10.0. The fourth-order valence-corrected chi connectivity index (χ4v) is 6.12. The summed E-state index contributed by atoms with van der Waals surface area (Å²) in [5.41, 5.74) is 1.04. The minimum absolute atomic E-state index is 0.0821. The number of halogens is 1. The standard InChI is InChI=1S/C25H38ClNO5S/c1-6-21(13-14-33(29,30)17(2)3)27-23(18-7-10-20(26)11-8-18)12-9-19(24(27)28)15-22-16-31-25(4,5)32-22/h7-8,10-11,17,19,21-23H,6,9,12-16H2,1-5H3/t19?,21?,22?,23-/m0/s1. The summed E-state index contributed by atoms with van der Waals surface area (Å²) in [7, 11) is -3.18. The van der Waals surface area contributed by atoms with Crippen LogP contribution >= 0.6 is 11.6 Å². The van der Waals surface area contributed by atoms with Crippen LogP contribution in [0.15, 0.2) is 24.3 Å². The average molecular weight is 500 g/mol. The fourth-order valence-electron chi connectivity index (χ4n) is 4.92. The molecule has 2 aliphatic rings. The van der Waals surface area contributed by atoms with Gasteiger partial charge in [-0.05, 0) is 77.5 Å². The molecular formula is C25H38ClNO5S. The zero-order valence-corrected chi connectivity index (χ0v) is 22.0. The molecule has 2 heterocycles. The van der Waals surface area contributed by atoms with Crippen LogP contribution in [0.4, 0.5) is 0 Å². The van der Waals surface area contributed by atoms with Crippen molar-refractivity contribution in [3.05, 3.63) is 34.9 Å². The molecule has 1 aromatic carbocycles. The lowest BCUT2D eigenvalue weighted by molar-refractivity contribution is -0.153. The van der Waals surface area contributed by atoms with Gasteiger partial charge in [0, 0.05) is 17.0 Å². The van der Waals surface area contributed by atoms with Gasteiger partial charge >= 0.3 is 0 Å². The van der Waals surface area contributed by atoms with E-state index >= 15 is 0 Å². The number of hydrogen-bond donors (Lipinski definition) is 0. The molecule has 0 bridgehead atoms. The first-order chi connectivity index (χ1) is 15.4. The normalized spacial score (nSPS) is 26.7. The van der Waals surface area contributed by atoms with E-state index in [0.717, 1.165) is 18.4 Å². The van der Waals surface area contributed by atoms with Crippen LogP contribution < -0.4 is 0 Å². The Morgan fingerprint density at radius 1 is 1.18 bits per heavy atom. The van der Waals surface area contributed by atoms with Gasteiger partial charge in [0.05, 0.1) is 29.8 Å². The molecule has 0 aromatic heterocycles. The van der Waals surface area contributed by atoms with Gasteiger partial charge in [0.2, 0.25) is 5.91 Å². The maximum Gasteiger partial charge on any atom is 0.226 e. The molecule has 8 heteroatoms. The van der Waals surface area contributed by atoms with Crippen molar-refractivity contribution in [2.45, 2.75) is 95.9 Å². The summed E-state index contributed by atoms with van der Waals surface area (Å²) in [6.45, 7) is 9.71. The quantitative estimate of drug-likeness (QED) is 0.469. The van der Waals surface area contributed by atoms with E-state index in [1.54, 1.807) is 13.8 Å². The van der Waals surface area contributed by atoms with Gasteiger partial charge in [-0.3, -0.25) is 4.79 Å². The summed E-state index contributed by atoms with van der Waals surface area (Å²) in [5.74, 6) is -0.612. The SMILES string of the molecule is CCC(CCS(=O)(=O)C(C)C)N1C(=O)C(CC2COC(C)(C)O2)CC[C@H]1c1ccc(Cl)cc1. The van der Waals surface area contributed by atoms with Crippen molar-refractivity contribution in [3.8, 4) is 0 Å². The highest BCUT2D eigenvalue weighted by atomic mass is 35.5. The van der Waals surface area contributed by atoms with Crippen molar-refractivity contribution in [2.75, 3.05) is 12.4 Å². The second-order valence-corrected chi connectivity index (χ2v) is 13.2. The molecule has 3 unspecified atom stereocenters. The third kappa shape index (κ3) is 6.50. The molecule has 0 radical (unpaired) electrons. The lowest BCUT2D eigenvalue weighted by Gasteiger charge is -2.44. The number of nitrogens with zero attached hydrogens (tertiary/aromatic N) is 1. The van der Waals surface area contributed by atoms with E-state index in [1.807, 2.05) is 49.9 Å². The Bertz CT molecular complexity index is 915. The molecule has 2 fully saturated rings. The maximum atomic E-state index is 13.8. The zero-order chi connectivity index (χ0) is 24.4. The Morgan fingerprint density at radius 2 is 1.85 bits per heavy atom. The lowest BCUT2D eigenvalue weighted by Crippen LogP contribution is -2.50. The Labute approximate surface area is 203 Å². The largest absolute Gasteiger partial charge is 0.348 e. The molecule has 33 heavy (non-hydrogen) atoms. The van der Waals surface area contributed by atoms with Crippen LogP contribution in [-0.4, -0.2) is 54.8 Å². The van der Waals surface area contributed by atoms with E-state index in [0.29, 0.717) is 30.9 Å². The van der Waals surface area contributed by atoms with Gasteiger partial charge in [0.15, 0.2) is 15.6 Å². The minimum Gasteiger partial charge on any atom is -0.348 e. The van der Waals surface area contributed by atoms with Crippen LogP contribution in [-0.2, 0) is 24.1 Å². The molecule has 186 valence electrons. The van der Waals surface area contributed by atoms with Crippen LogP contribution in [0.25, 0.3) is 0 Å². The smallest absolute Gasteiger partial charge is 0.226 e. The molecule has 0 spiro atoms. The molecular weight excluding hydrogens is 462 g/mol. The molecule has 2 aliphatic heterocycles. The lowest BCUT2D eigenvalue weighted by atomic mass is 9.83. The van der Waals surface area contributed by atoms with Gasteiger partial charge in [0.1, 0.15) is 0 Å². The molecule has 4 atom stereocenters. The van der Waals surface area contributed by atoms with Crippen molar-refractivity contribution in [1.82, 2.24) is 4.90 Å². The van der Waals surface area contributed by atoms with E-state index < -0.39 is 20.9 Å². The Kier molecular flexibility index (Phi) is 8.52. The van der Waals surface area contributed by atoms with E-state index in [2.05, 4.69) is 0 Å². The Hall–Kier alpha value is -1.15. The van der Waals surface area contributed by atoms with Crippen LogP contribution in [0.5, 0.6) is 0 Å². The first-order valence-corrected chi connectivity index (χ1v) is 14.1. The number of piperidine rings is 1. The monoisotopic (exact) mass is 499 g/mol. The van der Waals surface area contributed by atoms with Gasteiger partial charge in [-0.25, -0.2) is 8.42 Å². The summed E-state index contributed by atoms with van der Waals surface area (Å²) in [5, 5.41) is 0.233. The molecule has 1 amide bonds.